The van der Waals surface area contributed by atoms with Gasteiger partial charge in [0.05, 0.1) is 16.4 Å². The van der Waals surface area contributed by atoms with E-state index >= 15 is 0 Å². The van der Waals surface area contributed by atoms with Crippen LogP contribution in [0.1, 0.15) is 24.2 Å². The zero-order valence-electron chi connectivity index (χ0n) is 19.1. The summed E-state index contributed by atoms with van der Waals surface area (Å²) in [6, 6.07) is 29.7. The van der Waals surface area contributed by atoms with Crippen LogP contribution in [0.5, 0.6) is 0 Å². The molecule has 35 heavy (non-hydrogen) atoms. The second kappa shape index (κ2) is 9.53. The second-order valence-electron chi connectivity index (χ2n) is 8.16. The van der Waals surface area contributed by atoms with E-state index in [1.165, 1.54) is 5.56 Å². The Morgan fingerprint density at radius 3 is 2.26 bits per heavy atom. The lowest BCUT2D eigenvalue weighted by Crippen LogP contribution is -2.46. The summed E-state index contributed by atoms with van der Waals surface area (Å²) >= 11 is 4.65. The van der Waals surface area contributed by atoms with Gasteiger partial charge in [-0.15, -0.1) is 12.6 Å². The van der Waals surface area contributed by atoms with Crippen LogP contribution >= 0.6 is 12.6 Å². The van der Waals surface area contributed by atoms with E-state index in [1.807, 2.05) is 107 Å². The third-order valence-corrected chi connectivity index (χ3v) is 6.48. The van der Waals surface area contributed by atoms with Crippen molar-refractivity contribution in [3.63, 3.8) is 0 Å². The van der Waals surface area contributed by atoms with Crippen LogP contribution in [0, 0.1) is 11.3 Å². The third kappa shape index (κ3) is 4.20. The molecule has 4 aromatic rings. The summed E-state index contributed by atoms with van der Waals surface area (Å²) in [5.41, 5.74) is 5.32. The van der Waals surface area contributed by atoms with Crippen molar-refractivity contribution in [3.8, 4) is 23.0 Å². The number of amides is 1. The lowest BCUT2D eigenvalue weighted by Gasteiger charge is -2.37. The molecule has 1 unspecified atom stereocenters. The molecular formula is C28H23N5OS. The molecule has 1 aliphatic rings. The lowest BCUT2D eigenvalue weighted by molar-refractivity contribution is -0.118. The first-order valence-electron chi connectivity index (χ1n) is 11.3. The lowest BCUT2D eigenvalue weighted by atomic mass is 10.0. The molecule has 2 heterocycles. The molecule has 1 aliphatic heterocycles. The van der Waals surface area contributed by atoms with Crippen LogP contribution in [0.25, 0.3) is 16.9 Å². The Kier molecular flexibility index (Phi) is 6.13. The summed E-state index contributed by atoms with van der Waals surface area (Å²) in [5.74, 6) is -0.463. The van der Waals surface area contributed by atoms with E-state index < -0.39 is 12.1 Å². The van der Waals surface area contributed by atoms with Gasteiger partial charge in [0.2, 0.25) is 0 Å². The third-order valence-electron chi connectivity index (χ3n) is 6.04. The standard InChI is InChI=1S/C28H23N5OS/c1-2-19-13-15-22(16-14-19)33-26(30-27(34)23(17-29)28(33)35)24-18-32(21-11-7-4-8-12-21)31-25(24)20-9-5-3-6-10-20/h3-16,18,26,35H,2H2,1H3,(H,30,34). The fraction of sp³-hybridized carbons (Fsp3) is 0.107. The molecule has 1 atom stereocenters. The quantitative estimate of drug-likeness (QED) is 0.378. The van der Waals surface area contributed by atoms with Gasteiger partial charge in [-0.2, -0.15) is 10.4 Å². The minimum atomic E-state index is -0.618. The molecule has 0 radical (unpaired) electrons. The van der Waals surface area contributed by atoms with Gasteiger partial charge in [-0.05, 0) is 36.2 Å². The van der Waals surface area contributed by atoms with Gasteiger partial charge in [-0.25, -0.2) is 4.68 Å². The van der Waals surface area contributed by atoms with Crippen molar-refractivity contribution >= 4 is 24.2 Å². The number of aryl methyl sites for hydroxylation is 1. The fourth-order valence-corrected chi connectivity index (χ4v) is 4.59. The molecule has 7 heteroatoms. The maximum Gasteiger partial charge on any atom is 0.266 e. The van der Waals surface area contributed by atoms with Crippen molar-refractivity contribution in [3.05, 3.63) is 113 Å². The monoisotopic (exact) mass is 477 g/mol. The van der Waals surface area contributed by atoms with Gasteiger partial charge < -0.3 is 10.2 Å². The Morgan fingerprint density at radius 1 is 0.971 bits per heavy atom. The summed E-state index contributed by atoms with van der Waals surface area (Å²) in [4.78, 5) is 14.8. The number of nitrogens with zero attached hydrogens (tertiary/aromatic N) is 4. The highest BCUT2D eigenvalue weighted by Crippen LogP contribution is 2.39. The van der Waals surface area contributed by atoms with Gasteiger partial charge in [0.1, 0.15) is 17.8 Å². The number of carbonyl (C=O) groups is 1. The Hall–Kier alpha value is -4.28. The van der Waals surface area contributed by atoms with Crippen molar-refractivity contribution in [2.75, 3.05) is 4.90 Å². The molecule has 1 amide bonds. The van der Waals surface area contributed by atoms with E-state index in [9.17, 15) is 10.1 Å². The van der Waals surface area contributed by atoms with Gasteiger partial charge in [0.15, 0.2) is 0 Å². The molecule has 0 spiro atoms. The highest BCUT2D eigenvalue weighted by molar-refractivity contribution is 7.84. The number of thiol groups is 1. The number of para-hydroxylation sites is 1. The molecule has 0 saturated heterocycles. The van der Waals surface area contributed by atoms with E-state index in [1.54, 1.807) is 0 Å². The van der Waals surface area contributed by atoms with Crippen LogP contribution < -0.4 is 10.2 Å². The average Bonchev–Trinajstić information content (AvgIpc) is 3.35. The Labute approximate surface area is 209 Å². The minimum Gasteiger partial charge on any atom is -0.327 e. The maximum absolute atomic E-state index is 12.9. The van der Waals surface area contributed by atoms with Crippen molar-refractivity contribution in [2.45, 2.75) is 19.5 Å². The highest BCUT2D eigenvalue weighted by Gasteiger charge is 2.36. The molecular weight excluding hydrogens is 454 g/mol. The van der Waals surface area contributed by atoms with E-state index in [2.05, 4.69) is 24.9 Å². The molecule has 1 N–H and O–H groups in total. The van der Waals surface area contributed by atoms with Gasteiger partial charge in [-0.1, -0.05) is 67.6 Å². The number of hydrogen-bond donors (Lipinski definition) is 2. The predicted octanol–water partition coefficient (Wildman–Crippen LogP) is 5.40. The van der Waals surface area contributed by atoms with Crippen molar-refractivity contribution in [2.24, 2.45) is 0 Å². The smallest absolute Gasteiger partial charge is 0.266 e. The Balaban J connectivity index is 1.71. The van der Waals surface area contributed by atoms with Crippen LogP contribution in [-0.2, 0) is 11.2 Å². The fourth-order valence-electron chi connectivity index (χ4n) is 4.21. The molecule has 3 aromatic carbocycles. The van der Waals surface area contributed by atoms with E-state index in [0.29, 0.717) is 5.03 Å². The maximum atomic E-state index is 12.9. The second-order valence-corrected chi connectivity index (χ2v) is 8.58. The first-order valence-corrected chi connectivity index (χ1v) is 11.8. The van der Waals surface area contributed by atoms with Gasteiger partial charge in [-0.3, -0.25) is 4.79 Å². The van der Waals surface area contributed by atoms with Gasteiger partial charge >= 0.3 is 0 Å². The summed E-state index contributed by atoms with van der Waals surface area (Å²) in [7, 11) is 0. The van der Waals surface area contributed by atoms with Crippen molar-refractivity contribution < 1.29 is 4.79 Å². The normalized spacial score (nSPS) is 15.6. The van der Waals surface area contributed by atoms with Crippen molar-refractivity contribution in [1.82, 2.24) is 15.1 Å². The van der Waals surface area contributed by atoms with Crippen LogP contribution in [-0.4, -0.2) is 15.7 Å². The summed E-state index contributed by atoms with van der Waals surface area (Å²) < 4.78 is 1.81. The molecule has 1 aromatic heterocycles. The zero-order chi connectivity index (χ0) is 24.4. The molecule has 0 fully saturated rings. The highest BCUT2D eigenvalue weighted by atomic mass is 32.1. The van der Waals surface area contributed by atoms with Crippen LogP contribution in [0.4, 0.5) is 5.69 Å². The number of rotatable bonds is 5. The predicted molar refractivity (Wildman–Crippen MR) is 140 cm³/mol. The number of aromatic nitrogens is 2. The summed E-state index contributed by atoms with van der Waals surface area (Å²) in [6.07, 6.45) is 2.22. The van der Waals surface area contributed by atoms with E-state index in [-0.39, 0.29) is 5.57 Å². The van der Waals surface area contributed by atoms with E-state index in [0.717, 1.165) is 34.6 Å². The number of benzene rings is 3. The van der Waals surface area contributed by atoms with Crippen molar-refractivity contribution in [1.29, 1.82) is 5.26 Å². The molecule has 0 aliphatic carbocycles. The first kappa shape index (κ1) is 22.5. The molecule has 0 saturated carbocycles. The summed E-state index contributed by atoms with van der Waals surface area (Å²) in [5, 5.41) is 17.9. The topological polar surface area (TPSA) is 74.0 Å². The minimum absolute atomic E-state index is 0.0270. The van der Waals surface area contributed by atoms with Crippen LogP contribution in [0.2, 0.25) is 0 Å². The average molecular weight is 478 g/mol. The number of anilines is 1. The first-order chi connectivity index (χ1) is 17.1. The number of nitriles is 1. The molecule has 0 bridgehead atoms. The van der Waals surface area contributed by atoms with Crippen LogP contribution in [0.15, 0.2) is 102 Å². The Bertz CT molecular complexity index is 1440. The molecule has 6 nitrogen and oxygen atoms in total. The molecule has 172 valence electrons. The Morgan fingerprint density at radius 2 is 1.63 bits per heavy atom. The summed E-state index contributed by atoms with van der Waals surface area (Å²) in [6.45, 7) is 2.10. The number of carbonyl (C=O) groups excluding carboxylic acids is 1. The SMILES string of the molecule is CCc1ccc(N2C(S)=C(C#N)C(=O)NC2c2cn(-c3ccccc3)nc2-c2ccccc2)cc1. The number of nitrogens with one attached hydrogen (secondary N) is 1. The van der Waals surface area contributed by atoms with Crippen LogP contribution in [0.3, 0.4) is 0 Å². The van der Waals surface area contributed by atoms with Gasteiger partial charge in [0.25, 0.3) is 5.91 Å². The molecule has 5 rings (SSSR count). The number of hydrogen-bond acceptors (Lipinski definition) is 5. The van der Waals surface area contributed by atoms with E-state index in [4.69, 9.17) is 5.10 Å². The largest absolute Gasteiger partial charge is 0.327 e. The van der Waals surface area contributed by atoms with Gasteiger partial charge in [0, 0.05) is 23.0 Å². The zero-order valence-corrected chi connectivity index (χ0v) is 20.0.